The van der Waals surface area contributed by atoms with E-state index >= 15 is 0 Å². The Morgan fingerprint density at radius 3 is 2.44 bits per heavy atom. The molecule has 2 atom stereocenters. The quantitative estimate of drug-likeness (QED) is 0.216. The van der Waals surface area contributed by atoms with Crippen LogP contribution in [0.25, 0.3) is 22.3 Å². The summed E-state index contributed by atoms with van der Waals surface area (Å²) >= 11 is 0. The van der Waals surface area contributed by atoms with Crippen LogP contribution in [0.3, 0.4) is 0 Å². The zero-order valence-electron chi connectivity index (χ0n) is 25.1. The highest BCUT2D eigenvalue weighted by atomic mass is 19.4. The normalized spacial score (nSPS) is 18.7. The molecular formula is C31H30F4N6O4. The molecule has 45 heavy (non-hydrogen) atoms. The number of aryl methyl sites for hydroxylation is 3. The molecule has 2 fully saturated rings. The zero-order chi connectivity index (χ0) is 32.2. The number of alkyl halides is 4. The van der Waals surface area contributed by atoms with Crippen LogP contribution in [0.15, 0.2) is 41.2 Å². The van der Waals surface area contributed by atoms with Crippen LogP contribution in [-0.4, -0.2) is 63.5 Å². The summed E-state index contributed by atoms with van der Waals surface area (Å²) in [6.45, 7) is 7.04. The van der Waals surface area contributed by atoms with E-state index in [0.717, 1.165) is 17.7 Å². The Morgan fingerprint density at radius 2 is 1.80 bits per heavy atom. The lowest BCUT2D eigenvalue weighted by atomic mass is 9.97. The van der Waals surface area contributed by atoms with Crippen LogP contribution in [0, 0.1) is 20.8 Å². The van der Waals surface area contributed by atoms with E-state index in [1.54, 1.807) is 44.1 Å². The number of halogens is 4. The lowest BCUT2D eigenvalue weighted by Gasteiger charge is -2.34. The summed E-state index contributed by atoms with van der Waals surface area (Å²) in [5, 5.41) is 4.03. The topological polar surface area (TPSA) is 107 Å². The number of hydrogen-bond acceptors (Lipinski definition) is 9. The molecule has 14 heteroatoms. The Balaban J connectivity index is 1.40. The number of benzene rings is 1. The van der Waals surface area contributed by atoms with Gasteiger partial charge >= 0.3 is 12.3 Å². The number of pyridine rings is 1. The molecule has 0 radical (unpaired) electrons. The van der Waals surface area contributed by atoms with Gasteiger partial charge in [0.25, 0.3) is 0 Å². The van der Waals surface area contributed by atoms with E-state index in [-0.39, 0.29) is 37.0 Å². The van der Waals surface area contributed by atoms with Crippen molar-refractivity contribution in [1.82, 2.24) is 25.0 Å². The summed E-state index contributed by atoms with van der Waals surface area (Å²) in [7, 11) is 1.47. The fourth-order valence-electron chi connectivity index (χ4n) is 5.79. The second kappa shape index (κ2) is 11.3. The second-order valence-corrected chi connectivity index (χ2v) is 11.3. The van der Waals surface area contributed by atoms with Gasteiger partial charge in [0.1, 0.15) is 18.0 Å². The maximum absolute atomic E-state index is 13.7. The third-order valence-electron chi connectivity index (χ3n) is 8.10. The molecule has 10 nitrogen and oxygen atoms in total. The van der Waals surface area contributed by atoms with Gasteiger partial charge in [-0.3, -0.25) is 4.90 Å². The third kappa shape index (κ3) is 5.64. The highest BCUT2D eigenvalue weighted by Crippen LogP contribution is 2.40. The number of methoxy groups -OCH3 is 1. The smallest absolute Gasteiger partial charge is 0.416 e. The predicted octanol–water partition coefficient (Wildman–Crippen LogP) is 6.39. The van der Waals surface area contributed by atoms with Gasteiger partial charge in [0.15, 0.2) is 0 Å². The summed E-state index contributed by atoms with van der Waals surface area (Å²) in [4.78, 5) is 30.0. The Bertz CT molecular complexity index is 1750. The minimum atomic E-state index is -4.56. The Labute approximate surface area is 256 Å². The molecular weight excluding hydrogens is 596 g/mol. The number of anilines is 1. The van der Waals surface area contributed by atoms with E-state index < -0.39 is 36.2 Å². The lowest BCUT2D eigenvalue weighted by molar-refractivity contribution is -0.137. The maximum atomic E-state index is 13.7. The van der Waals surface area contributed by atoms with Gasteiger partial charge in [-0.15, -0.1) is 0 Å². The van der Waals surface area contributed by atoms with E-state index in [1.807, 2.05) is 13.0 Å². The summed E-state index contributed by atoms with van der Waals surface area (Å²) in [6.07, 6.45) is -4.02. The molecule has 0 aliphatic carbocycles. The van der Waals surface area contributed by atoms with Crippen LogP contribution in [-0.2, 0) is 17.5 Å². The Hall–Kier alpha value is -4.75. The summed E-state index contributed by atoms with van der Waals surface area (Å²) in [6, 6.07) is 4.82. The summed E-state index contributed by atoms with van der Waals surface area (Å²) in [5.74, 6) is 1.15. The van der Waals surface area contributed by atoms with Crippen molar-refractivity contribution < 1.29 is 36.4 Å². The zero-order valence-corrected chi connectivity index (χ0v) is 25.1. The standard InChI is InChI=1S/C31H30F4N6O4/c1-15-6-19(8-21(7-15)31(33,34)35)27-17(3)41(30(42)44-27)14-25-24(11-37-29(38-25)40-12-22(32)13-40)23-9-20(10-36-28(23)43-5)26-16(2)39-45-18(26)4/h6-11,17,22,27H,12-14H2,1-5H3/t17-,27-/m0/s1. The summed E-state index contributed by atoms with van der Waals surface area (Å²) in [5.41, 5.74) is 3.35. The molecule has 1 aromatic carbocycles. The van der Waals surface area contributed by atoms with E-state index in [2.05, 4.69) is 15.1 Å². The van der Waals surface area contributed by atoms with Gasteiger partial charge in [-0.1, -0.05) is 16.8 Å². The van der Waals surface area contributed by atoms with Crippen molar-refractivity contribution in [3.63, 3.8) is 0 Å². The van der Waals surface area contributed by atoms with E-state index in [1.165, 1.54) is 12.0 Å². The molecule has 3 aromatic heterocycles. The largest absolute Gasteiger partial charge is 0.481 e. The van der Waals surface area contributed by atoms with Gasteiger partial charge in [-0.05, 0) is 51.5 Å². The number of carbonyl (C=O) groups excluding carboxylic acids is 1. The molecule has 236 valence electrons. The maximum Gasteiger partial charge on any atom is 0.416 e. The van der Waals surface area contributed by atoms with Crippen LogP contribution in [0.2, 0.25) is 0 Å². The first-order valence-electron chi connectivity index (χ1n) is 14.2. The van der Waals surface area contributed by atoms with E-state index in [9.17, 15) is 22.4 Å². The summed E-state index contributed by atoms with van der Waals surface area (Å²) < 4.78 is 71.0. The molecule has 5 heterocycles. The van der Waals surface area contributed by atoms with E-state index in [4.69, 9.17) is 19.0 Å². The van der Waals surface area contributed by atoms with Crippen molar-refractivity contribution in [1.29, 1.82) is 0 Å². The minimum Gasteiger partial charge on any atom is -0.481 e. The van der Waals surface area contributed by atoms with Crippen molar-refractivity contribution in [3.05, 3.63) is 70.5 Å². The van der Waals surface area contributed by atoms with Crippen molar-refractivity contribution in [2.75, 3.05) is 25.1 Å². The van der Waals surface area contributed by atoms with Gasteiger partial charge in [-0.2, -0.15) is 13.2 Å². The lowest BCUT2D eigenvalue weighted by Crippen LogP contribution is -2.49. The SMILES string of the molecule is COc1ncc(-c2c(C)noc2C)cc1-c1cnc(N2CC(F)C2)nc1CN1C(=O)O[C@H](c2cc(C)cc(C(F)(F)F)c2)[C@@H]1C. The van der Waals surface area contributed by atoms with Crippen LogP contribution in [0.4, 0.5) is 28.3 Å². The fourth-order valence-corrected chi connectivity index (χ4v) is 5.79. The molecule has 2 aliphatic rings. The monoisotopic (exact) mass is 626 g/mol. The number of rotatable bonds is 7. The number of hydrogen-bond donors (Lipinski definition) is 0. The molecule has 0 saturated carbocycles. The minimum absolute atomic E-state index is 0.0785. The number of ether oxygens (including phenoxy) is 2. The molecule has 0 spiro atoms. The van der Waals surface area contributed by atoms with Gasteiger partial charge < -0.3 is 18.9 Å². The Kier molecular flexibility index (Phi) is 7.61. The van der Waals surface area contributed by atoms with Gasteiger partial charge in [0.2, 0.25) is 11.8 Å². The molecule has 6 rings (SSSR count). The number of aromatic nitrogens is 4. The van der Waals surface area contributed by atoms with Gasteiger partial charge in [0, 0.05) is 34.6 Å². The van der Waals surface area contributed by atoms with Gasteiger partial charge in [-0.25, -0.2) is 24.1 Å². The third-order valence-corrected chi connectivity index (χ3v) is 8.10. The van der Waals surface area contributed by atoms with Crippen LogP contribution in [0.1, 0.15) is 46.9 Å². The number of amides is 1. The number of nitrogens with zero attached hydrogens (tertiary/aromatic N) is 6. The van der Waals surface area contributed by atoms with Crippen LogP contribution < -0.4 is 9.64 Å². The number of carbonyl (C=O) groups is 1. The van der Waals surface area contributed by atoms with Crippen LogP contribution >= 0.6 is 0 Å². The molecule has 2 saturated heterocycles. The van der Waals surface area contributed by atoms with E-state index in [0.29, 0.717) is 39.4 Å². The fraction of sp³-hybridized carbons (Fsp3) is 0.387. The second-order valence-electron chi connectivity index (χ2n) is 11.3. The van der Waals surface area contributed by atoms with Gasteiger partial charge in [0.05, 0.1) is 49.7 Å². The molecule has 0 unspecified atom stereocenters. The highest BCUT2D eigenvalue weighted by Gasteiger charge is 2.42. The van der Waals surface area contributed by atoms with Crippen molar-refractivity contribution in [2.45, 2.75) is 58.7 Å². The molecule has 2 aliphatic heterocycles. The van der Waals surface area contributed by atoms with Crippen molar-refractivity contribution in [3.8, 4) is 28.1 Å². The molecule has 0 N–H and O–H groups in total. The van der Waals surface area contributed by atoms with Crippen LogP contribution in [0.5, 0.6) is 5.88 Å². The first kappa shape index (κ1) is 30.3. The average molecular weight is 627 g/mol. The van der Waals surface area contributed by atoms with Crippen molar-refractivity contribution in [2.24, 2.45) is 0 Å². The average Bonchev–Trinajstić information content (AvgIpc) is 3.46. The predicted molar refractivity (Wildman–Crippen MR) is 154 cm³/mol. The molecule has 4 aromatic rings. The molecule has 1 amide bonds. The first-order chi connectivity index (χ1) is 21.3. The highest BCUT2D eigenvalue weighted by molar-refractivity contribution is 5.79. The first-order valence-corrected chi connectivity index (χ1v) is 14.2. The number of cyclic esters (lactones) is 1. The molecule has 0 bridgehead atoms. The van der Waals surface area contributed by atoms with Crippen molar-refractivity contribution >= 4 is 12.0 Å². The Morgan fingerprint density at radius 1 is 1.04 bits per heavy atom.